The molecule has 0 aliphatic carbocycles. The quantitative estimate of drug-likeness (QED) is 0.153. The summed E-state index contributed by atoms with van der Waals surface area (Å²) in [7, 11) is 1.01. The first-order valence-electron chi connectivity index (χ1n) is 6.80. The Kier molecular flexibility index (Phi) is 6.01. The van der Waals surface area contributed by atoms with Gasteiger partial charge in [-0.05, 0) is 12.1 Å². The predicted octanol–water partition coefficient (Wildman–Crippen LogP) is 3.98. The highest BCUT2D eigenvalue weighted by molar-refractivity contribution is 6.30. The van der Waals surface area contributed by atoms with Crippen molar-refractivity contribution in [2.75, 3.05) is 7.11 Å². The van der Waals surface area contributed by atoms with E-state index in [1.165, 1.54) is 24.3 Å². The largest absolute Gasteiger partial charge is 0.453 e. The minimum absolute atomic E-state index is 0.140. The molecule has 0 aromatic heterocycles. The van der Waals surface area contributed by atoms with Crippen LogP contribution in [0.15, 0.2) is 35.5 Å². The molecule has 11 heteroatoms. The summed E-state index contributed by atoms with van der Waals surface area (Å²) in [4.78, 5) is 10.2. The molecule has 1 unspecified atom stereocenters. The Morgan fingerprint density at radius 2 is 1.88 bits per heavy atom. The topological polar surface area (TPSA) is 94.2 Å². The van der Waals surface area contributed by atoms with Crippen molar-refractivity contribution in [2.45, 2.75) is 6.23 Å². The van der Waals surface area contributed by atoms with Gasteiger partial charge in [0.25, 0.3) is 0 Å². The lowest BCUT2D eigenvalue weighted by Gasteiger charge is -2.14. The molecule has 138 valence electrons. The average molecular weight is 391 g/mol. The van der Waals surface area contributed by atoms with Crippen molar-refractivity contribution in [3.8, 4) is 11.5 Å². The van der Waals surface area contributed by atoms with Crippen LogP contribution in [0.4, 0.5) is 13.2 Å². The summed E-state index contributed by atoms with van der Waals surface area (Å²) in [5.74, 6) is -6.10. The van der Waals surface area contributed by atoms with Crippen LogP contribution in [0.1, 0.15) is 5.56 Å². The zero-order valence-corrected chi connectivity index (χ0v) is 13.7. The number of oxime groups is 1. The summed E-state index contributed by atoms with van der Waals surface area (Å²) >= 11 is 5.47. The van der Waals surface area contributed by atoms with Crippen molar-refractivity contribution in [1.29, 1.82) is 0 Å². The molecule has 0 bridgehead atoms. The van der Waals surface area contributed by atoms with Gasteiger partial charge in [0.1, 0.15) is 5.75 Å². The highest BCUT2D eigenvalue weighted by atomic mass is 35.5. The first-order valence-corrected chi connectivity index (χ1v) is 7.18. The number of ether oxygens (including phenoxy) is 2. The predicted molar refractivity (Wildman–Crippen MR) is 84.0 cm³/mol. The van der Waals surface area contributed by atoms with Crippen molar-refractivity contribution in [3.05, 3.63) is 68.5 Å². The van der Waals surface area contributed by atoms with Gasteiger partial charge in [-0.15, -0.1) is 0 Å². The normalized spacial score (nSPS) is 12.7. The van der Waals surface area contributed by atoms with Crippen LogP contribution < -0.4 is 4.74 Å². The molecule has 0 amide bonds. The van der Waals surface area contributed by atoms with E-state index in [0.29, 0.717) is 6.07 Å². The molecular formula is C15H10ClF3N2O5. The number of halogens is 4. The lowest BCUT2D eigenvalue weighted by atomic mass is 10.1. The molecule has 0 saturated carbocycles. The van der Waals surface area contributed by atoms with Crippen molar-refractivity contribution in [1.82, 2.24) is 0 Å². The van der Waals surface area contributed by atoms with Crippen LogP contribution in [-0.2, 0) is 4.74 Å². The lowest BCUT2D eigenvalue weighted by molar-refractivity contribution is -0.550. The molecule has 2 aromatic carbocycles. The molecule has 7 nitrogen and oxygen atoms in total. The standard InChI is InChI=1S/C15H10ClF3N2O5/c1-25-15(21(23)24)14(20-22)7-4-2-3-5-9(7)26-10-6-8(16)11(17)13(19)12(10)18/h2-6,15,22H,1H3/b20-14-. The molecule has 2 rings (SSSR count). The van der Waals surface area contributed by atoms with E-state index in [1.54, 1.807) is 0 Å². The number of nitrogens with zero attached hydrogens (tertiary/aromatic N) is 2. The number of nitro groups is 1. The minimum atomic E-state index is -1.86. The highest BCUT2D eigenvalue weighted by Crippen LogP contribution is 2.33. The van der Waals surface area contributed by atoms with Gasteiger partial charge in [0.05, 0.1) is 15.5 Å². The molecule has 0 aliphatic heterocycles. The molecule has 1 atom stereocenters. The Labute approximate surface area is 149 Å². The maximum atomic E-state index is 13.9. The molecule has 26 heavy (non-hydrogen) atoms. The maximum Gasteiger partial charge on any atom is 0.362 e. The van der Waals surface area contributed by atoms with Gasteiger partial charge in [-0.25, -0.2) is 8.78 Å². The second kappa shape index (κ2) is 8.02. The third-order valence-electron chi connectivity index (χ3n) is 3.21. The second-order valence-electron chi connectivity index (χ2n) is 4.76. The molecule has 0 spiro atoms. The molecular weight excluding hydrogens is 381 g/mol. The van der Waals surface area contributed by atoms with Gasteiger partial charge in [0.2, 0.25) is 5.82 Å². The monoisotopic (exact) mass is 390 g/mol. The van der Waals surface area contributed by atoms with Crippen molar-refractivity contribution < 1.29 is 32.8 Å². The van der Waals surface area contributed by atoms with Crippen LogP contribution in [0.2, 0.25) is 5.02 Å². The summed E-state index contributed by atoms with van der Waals surface area (Å²) in [5, 5.41) is 22.3. The molecule has 2 aromatic rings. The van der Waals surface area contributed by atoms with Crippen LogP contribution in [-0.4, -0.2) is 29.2 Å². The van der Waals surface area contributed by atoms with E-state index in [9.17, 15) is 23.3 Å². The SMILES string of the molecule is COC(/C(=N\O)c1ccccc1Oc1cc(Cl)c(F)c(F)c1F)[N+](=O)[O-]. The zero-order valence-electron chi connectivity index (χ0n) is 13.0. The van der Waals surface area contributed by atoms with E-state index < -0.39 is 45.1 Å². The number of hydrogen-bond acceptors (Lipinski definition) is 6. The summed E-state index contributed by atoms with van der Waals surface area (Å²) in [6.07, 6.45) is -1.86. The van der Waals surface area contributed by atoms with Crippen molar-refractivity contribution in [2.24, 2.45) is 5.16 Å². The Morgan fingerprint density at radius 1 is 1.23 bits per heavy atom. The van der Waals surface area contributed by atoms with Gasteiger partial charge in [-0.3, -0.25) is 10.1 Å². The van der Waals surface area contributed by atoms with Crippen LogP contribution in [0.3, 0.4) is 0 Å². The Hall–Kier alpha value is -2.85. The third-order valence-corrected chi connectivity index (χ3v) is 3.48. The summed E-state index contributed by atoms with van der Waals surface area (Å²) in [6.45, 7) is 0. The summed E-state index contributed by atoms with van der Waals surface area (Å²) in [6, 6.07) is 6.04. The summed E-state index contributed by atoms with van der Waals surface area (Å²) < 4.78 is 50.5. The Morgan fingerprint density at radius 3 is 2.46 bits per heavy atom. The molecule has 0 heterocycles. The molecule has 0 saturated heterocycles. The van der Waals surface area contributed by atoms with E-state index in [2.05, 4.69) is 9.89 Å². The Bertz CT molecular complexity index is 879. The van der Waals surface area contributed by atoms with Gasteiger partial charge in [-0.1, -0.05) is 28.9 Å². The summed E-state index contributed by atoms with van der Waals surface area (Å²) in [5.41, 5.74) is -0.694. The molecule has 0 aliphatic rings. The van der Waals surface area contributed by atoms with E-state index >= 15 is 0 Å². The fourth-order valence-electron chi connectivity index (χ4n) is 2.04. The van der Waals surface area contributed by atoms with Gasteiger partial charge >= 0.3 is 6.23 Å². The lowest BCUT2D eigenvalue weighted by Crippen LogP contribution is -2.32. The maximum absolute atomic E-state index is 13.9. The molecule has 0 radical (unpaired) electrons. The number of rotatable bonds is 6. The average Bonchev–Trinajstić information content (AvgIpc) is 2.62. The van der Waals surface area contributed by atoms with E-state index in [4.69, 9.17) is 21.5 Å². The second-order valence-corrected chi connectivity index (χ2v) is 5.16. The van der Waals surface area contributed by atoms with Crippen LogP contribution in [0.5, 0.6) is 11.5 Å². The third kappa shape index (κ3) is 3.70. The number of para-hydroxylation sites is 1. The number of methoxy groups -OCH3 is 1. The highest BCUT2D eigenvalue weighted by Gasteiger charge is 2.31. The van der Waals surface area contributed by atoms with Crippen molar-refractivity contribution >= 4 is 17.3 Å². The smallest absolute Gasteiger partial charge is 0.362 e. The van der Waals surface area contributed by atoms with E-state index in [0.717, 1.165) is 7.11 Å². The first kappa shape index (κ1) is 19.5. The molecule has 1 N–H and O–H groups in total. The van der Waals surface area contributed by atoms with Gasteiger partial charge in [0.15, 0.2) is 23.1 Å². The Balaban J connectivity index is 2.53. The fourth-order valence-corrected chi connectivity index (χ4v) is 2.23. The van der Waals surface area contributed by atoms with Crippen LogP contribution in [0, 0.1) is 27.6 Å². The van der Waals surface area contributed by atoms with Gasteiger partial charge in [0, 0.05) is 13.2 Å². The van der Waals surface area contributed by atoms with Gasteiger partial charge < -0.3 is 14.7 Å². The van der Waals surface area contributed by atoms with Gasteiger partial charge in [-0.2, -0.15) is 4.39 Å². The zero-order chi connectivity index (χ0) is 19.4. The fraction of sp³-hybridized carbons (Fsp3) is 0.133. The minimum Gasteiger partial charge on any atom is -0.453 e. The van der Waals surface area contributed by atoms with Crippen LogP contribution >= 0.6 is 11.6 Å². The van der Waals surface area contributed by atoms with Crippen molar-refractivity contribution in [3.63, 3.8) is 0 Å². The molecule has 0 fully saturated rings. The van der Waals surface area contributed by atoms with Crippen LogP contribution in [0.25, 0.3) is 0 Å². The van der Waals surface area contributed by atoms with E-state index in [1.807, 2.05) is 0 Å². The first-order chi connectivity index (χ1) is 12.3. The van der Waals surface area contributed by atoms with E-state index in [-0.39, 0.29) is 11.3 Å². The number of benzene rings is 2. The number of hydrogen-bond donors (Lipinski definition) is 1.